The maximum Gasteiger partial charge on any atom is 0.418 e. The first-order valence-electron chi connectivity index (χ1n) is 10.0. The van der Waals surface area contributed by atoms with E-state index in [1.807, 2.05) is 0 Å². The highest BCUT2D eigenvalue weighted by molar-refractivity contribution is 9.12. The molecule has 3 aromatic rings. The molecule has 0 aliphatic heterocycles. The van der Waals surface area contributed by atoms with Crippen LogP contribution in [0, 0.1) is 0 Å². The van der Waals surface area contributed by atoms with Gasteiger partial charge in [-0.1, -0.05) is 29.4 Å². The number of halogens is 4. The van der Waals surface area contributed by atoms with Gasteiger partial charge in [-0.2, -0.15) is 18.2 Å². The van der Waals surface area contributed by atoms with Crippen LogP contribution in [0.25, 0.3) is 11.4 Å². The number of benzene rings is 2. The van der Waals surface area contributed by atoms with Crippen molar-refractivity contribution in [3.8, 4) is 11.4 Å². The molecule has 0 atom stereocenters. The lowest BCUT2D eigenvalue weighted by molar-refractivity contribution is -0.137. The monoisotopic (exact) mass is 618 g/mol. The Hall–Kier alpha value is -3.17. The molecular formula is C22H18BrF3N4O5S2. The van der Waals surface area contributed by atoms with Gasteiger partial charge < -0.3 is 15.0 Å². The van der Waals surface area contributed by atoms with Crippen LogP contribution >= 0.6 is 27.7 Å². The second-order valence-corrected chi connectivity index (χ2v) is 10.9. The first kappa shape index (κ1) is 28.4. The summed E-state index contributed by atoms with van der Waals surface area (Å²) in [5, 5.41) is 3.79. The molecule has 0 aliphatic rings. The standard InChI is InChI=1S/C22H18BrF3N4O5S2/c1-36-11-34-21(31)17(27)16(23)18(28-15-9-4-3-8-14(15)22(24,25)26)20-29-19(30-35-20)12-6-5-7-13(10-12)37(2,32)33/h3-10H,11,27H2,1-2H3/b17-16+,28-18?. The first-order chi connectivity index (χ1) is 17.3. The van der Waals surface area contributed by atoms with Crippen LogP contribution in [0.3, 0.4) is 0 Å². The van der Waals surface area contributed by atoms with Crippen LogP contribution in [0.5, 0.6) is 0 Å². The summed E-state index contributed by atoms with van der Waals surface area (Å²) in [5.41, 5.74) is 3.69. The van der Waals surface area contributed by atoms with E-state index in [1.54, 1.807) is 6.26 Å². The highest BCUT2D eigenvalue weighted by Gasteiger charge is 2.34. The van der Waals surface area contributed by atoms with Gasteiger partial charge in [-0.3, -0.25) is 0 Å². The van der Waals surface area contributed by atoms with Gasteiger partial charge in [-0.15, -0.1) is 11.8 Å². The topological polar surface area (TPSA) is 138 Å². The number of sulfone groups is 1. The van der Waals surface area contributed by atoms with Gasteiger partial charge in [0.15, 0.2) is 9.84 Å². The van der Waals surface area contributed by atoms with Crippen molar-refractivity contribution < 1.29 is 35.6 Å². The number of ether oxygens (including phenoxy) is 1. The molecule has 0 spiro atoms. The molecule has 3 rings (SSSR count). The molecule has 0 radical (unpaired) electrons. The van der Waals surface area contributed by atoms with E-state index < -0.39 is 44.8 Å². The van der Waals surface area contributed by atoms with E-state index in [0.29, 0.717) is 0 Å². The number of rotatable bonds is 8. The Morgan fingerprint density at radius 1 is 1.22 bits per heavy atom. The van der Waals surface area contributed by atoms with E-state index in [-0.39, 0.29) is 32.4 Å². The summed E-state index contributed by atoms with van der Waals surface area (Å²) in [6, 6.07) is 10.1. The minimum Gasteiger partial charge on any atom is -0.450 e. The predicted molar refractivity (Wildman–Crippen MR) is 135 cm³/mol. The Labute approximate surface area is 222 Å². The smallest absolute Gasteiger partial charge is 0.418 e. The second-order valence-electron chi connectivity index (χ2n) is 7.26. The van der Waals surface area contributed by atoms with Gasteiger partial charge in [0.05, 0.1) is 20.6 Å². The summed E-state index contributed by atoms with van der Waals surface area (Å²) in [4.78, 5) is 20.5. The van der Waals surface area contributed by atoms with Gasteiger partial charge in [-0.25, -0.2) is 18.2 Å². The number of para-hydroxylation sites is 1. The molecule has 1 heterocycles. The number of thioether (sulfide) groups is 1. The Morgan fingerprint density at radius 3 is 2.57 bits per heavy atom. The first-order valence-corrected chi connectivity index (χ1v) is 14.1. The van der Waals surface area contributed by atoms with Crippen LogP contribution in [-0.2, 0) is 25.5 Å². The third-order valence-electron chi connectivity index (χ3n) is 4.56. The Kier molecular flexibility index (Phi) is 8.81. The lowest BCUT2D eigenvalue weighted by Crippen LogP contribution is -2.19. The molecule has 15 heteroatoms. The van der Waals surface area contributed by atoms with Crippen molar-refractivity contribution in [1.82, 2.24) is 10.1 Å². The number of alkyl halides is 3. The molecule has 0 amide bonds. The minimum absolute atomic E-state index is 0.00814. The maximum atomic E-state index is 13.6. The van der Waals surface area contributed by atoms with Crippen molar-refractivity contribution >= 4 is 54.9 Å². The van der Waals surface area contributed by atoms with E-state index in [0.717, 1.165) is 18.4 Å². The number of nitrogens with two attached hydrogens (primary N) is 1. The van der Waals surface area contributed by atoms with Crippen molar-refractivity contribution in [1.29, 1.82) is 0 Å². The maximum absolute atomic E-state index is 13.6. The molecule has 0 aliphatic carbocycles. The molecule has 0 bridgehead atoms. The molecule has 9 nitrogen and oxygen atoms in total. The number of esters is 1. The Balaban J connectivity index is 2.19. The van der Waals surface area contributed by atoms with Gasteiger partial charge in [0.25, 0.3) is 5.89 Å². The summed E-state index contributed by atoms with van der Waals surface area (Å²) in [7, 11) is -3.55. The SMILES string of the molecule is CSCOC(=O)/C(N)=C(\Br)C(=Nc1ccccc1C(F)(F)F)c1nc(-c2cccc(S(C)(=O)=O)c2)no1. The molecule has 0 unspecified atom stereocenters. The molecule has 0 saturated heterocycles. The molecule has 2 aromatic carbocycles. The predicted octanol–water partition coefficient (Wildman–Crippen LogP) is 4.71. The lowest BCUT2D eigenvalue weighted by atomic mass is 10.1. The van der Waals surface area contributed by atoms with Gasteiger partial charge in [0.2, 0.25) is 5.82 Å². The summed E-state index contributed by atoms with van der Waals surface area (Å²) >= 11 is 4.30. The highest BCUT2D eigenvalue weighted by atomic mass is 79.9. The lowest BCUT2D eigenvalue weighted by Gasteiger charge is -2.11. The quantitative estimate of drug-likeness (QED) is 0.165. The number of aromatic nitrogens is 2. The van der Waals surface area contributed by atoms with E-state index >= 15 is 0 Å². The van der Waals surface area contributed by atoms with E-state index in [4.69, 9.17) is 15.0 Å². The van der Waals surface area contributed by atoms with Crippen molar-refractivity contribution in [2.45, 2.75) is 11.1 Å². The fourth-order valence-corrected chi connectivity index (χ4v) is 4.14. The normalized spacial score (nSPS) is 13.3. The number of carbonyl (C=O) groups is 1. The van der Waals surface area contributed by atoms with E-state index in [9.17, 15) is 26.4 Å². The van der Waals surface area contributed by atoms with Gasteiger partial charge in [-0.05, 0) is 46.5 Å². The zero-order chi connectivity index (χ0) is 27.4. The van der Waals surface area contributed by atoms with Crippen molar-refractivity contribution in [3.63, 3.8) is 0 Å². The number of hydrogen-bond acceptors (Lipinski definition) is 10. The average molecular weight is 619 g/mol. The molecule has 196 valence electrons. The van der Waals surface area contributed by atoms with E-state index in [2.05, 4.69) is 31.1 Å². The third-order valence-corrected chi connectivity index (χ3v) is 6.83. The van der Waals surface area contributed by atoms with Gasteiger partial charge >= 0.3 is 12.1 Å². The summed E-state index contributed by atoms with van der Waals surface area (Å²) in [5.74, 6) is -1.46. The number of carbonyl (C=O) groups excluding carboxylic acids is 1. The summed E-state index contributed by atoms with van der Waals surface area (Å²) < 4.78 is 74.5. The fourth-order valence-electron chi connectivity index (χ4n) is 2.83. The van der Waals surface area contributed by atoms with Crippen LogP contribution in [0.4, 0.5) is 18.9 Å². The fraction of sp³-hybridized carbons (Fsp3) is 0.182. The van der Waals surface area contributed by atoms with Crippen LogP contribution in [-0.4, -0.2) is 48.7 Å². The van der Waals surface area contributed by atoms with Crippen molar-refractivity contribution in [2.24, 2.45) is 10.7 Å². The summed E-state index contributed by atoms with van der Waals surface area (Å²) in [6.45, 7) is 0. The Morgan fingerprint density at radius 2 is 1.92 bits per heavy atom. The van der Waals surface area contributed by atoms with Crippen LogP contribution < -0.4 is 5.73 Å². The highest BCUT2D eigenvalue weighted by Crippen LogP contribution is 2.37. The molecule has 2 N–H and O–H groups in total. The van der Waals surface area contributed by atoms with Crippen molar-refractivity contribution in [3.05, 3.63) is 70.2 Å². The van der Waals surface area contributed by atoms with Crippen molar-refractivity contribution in [2.75, 3.05) is 18.5 Å². The molecule has 0 fully saturated rings. The Bertz CT molecular complexity index is 1490. The molecular weight excluding hydrogens is 601 g/mol. The number of hydrogen-bond donors (Lipinski definition) is 1. The van der Waals surface area contributed by atoms with Gasteiger partial charge in [0, 0.05) is 11.8 Å². The summed E-state index contributed by atoms with van der Waals surface area (Å²) in [6.07, 6.45) is -2.03. The number of nitrogens with zero attached hydrogens (tertiary/aromatic N) is 3. The minimum atomic E-state index is -4.74. The number of aliphatic imine (C=N–C) groups is 1. The number of allylic oxidation sites excluding steroid dienone is 1. The average Bonchev–Trinajstić information content (AvgIpc) is 3.34. The van der Waals surface area contributed by atoms with Crippen LogP contribution in [0.1, 0.15) is 11.5 Å². The third kappa shape index (κ3) is 6.99. The molecule has 0 saturated carbocycles. The molecule has 1 aromatic heterocycles. The zero-order valence-electron chi connectivity index (χ0n) is 19.1. The largest absolute Gasteiger partial charge is 0.450 e. The van der Waals surface area contributed by atoms with Gasteiger partial charge in [0.1, 0.15) is 17.3 Å². The van der Waals surface area contributed by atoms with Crippen LogP contribution in [0.15, 0.2) is 73.1 Å². The van der Waals surface area contributed by atoms with Crippen LogP contribution in [0.2, 0.25) is 0 Å². The second kappa shape index (κ2) is 11.5. The molecule has 37 heavy (non-hydrogen) atoms. The zero-order valence-corrected chi connectivity index (χ0v) is 22.3. The van der Waals surface area contributed by atoms with E-state index in [1.165, 1.54) is 48.2 Å².